The van der Waals surface area contributed by atoms with E-state index in [2.05, 4.69) is 139 Å². The molecule has 244 valence electrons. The fraction of sp³-hybridized carbons (Fsp3) is 0.0435. The van der Waals surface area contributed by atoms with E-state index in [0.29, 0.717) is 5.84 Å². The maximum absolute atomic E-state index is 6.65. The Labute approximate surface area is 301 Å². The lowest BCUT2D eigenvalue weighted by Crippen LogP contribution is -2.50. The first-order valence-corrected chi connectivity index (χ1v) is 18.3. The predicted octanol–water partition coefficient (Wildman–Crippen LogP) is 11.6. The Balaban J connectivity index is 1.21. The molecule has 0 spiro atoms. The number of hydrogen-bond donors (Lipinski definition) is 1. The third-order valence-electron chi connectivity index (χ3n) is 11.0. The van der Waals surface area contributed by atoms with Gasteiger partial charge in [-0.15, -0.1) is 11.3 Å². The zero-order valence-corrected chi connectivity index (χ0v) is 28.4. The van der Waals surface area contributed by atoms with Crippen LogP contribution in [0.5, 0.6) is 0 Å². The van der Waals surface area contributed by atoms with E-state index in [0.717, 1.165) is 77.5 Å². The molecule has 0 amide bonds. The topological polar surface area (TPSA) is 63.0 Å². The van der Waals surface area contributed by atoms with Gasteiger partial charge in [-0.25, -0.2) is 9.98 Å². The second-order valence-electron chi connectivity index (χ2n) is 13.7. The molecule has 7 aromatic carbocycles. The predicted molar refractivity (Wildman–Crippen MR) is 213 cm³/mol. The third-order valence-corrected chi connectivity index (χ3v) is 12.1. The first-order chi connectivity index (χ1) is 25.7. The van der Waals surface area contributed by atoms with Crippen molar-refractivity contribution in [3.05, 3.63) is 179 Å². The van der Waals surface area contributed by atoms with Crippen molar-refractivity contribution in [2.75, 3.05) is 0 Å². The summed E-state index contributed by atoms with van der Waals surface area (Å²) >= 11 is 1.83. The highest BCUT2D eigenvalue weighted by Crippen LogP contribution is 2.50. The molecule has 10 aromatic rings. The minimum Gasteiger partial charge on any atom is -0.456 e. The number of hydrogen-bond acceptors (Lipinski definition) is 6. The molecular weight excluding hydrogens is 659 g/mol. The Hall–Kier alpha value is -6.50. The summed E-state index contributed by atoms with van der Waals surface area (Å²) in [6.07, 6.45) is -0.419. The van der Waals surface area contributed by atoms with Gasteiger partial charge in [-0.2, -0.15) is 0 Å². The molecule has 52 heavy (non-hydrogen) atoms. The van der Waals surface area contributed by atoms with Gasteiger partial charge in [0.25, 0.3) is 0 Å². The zero-order chi connectivity index (χ0) is 34.0. The molecule has 2 aliphatic rings. The number of amidine groups is 2. The molecule has 5 nitrogen and oxygen atoms in total. The van der Waals surface area contributed by atoms with Crippen molar-refractivity contribution in [2.24, 2.45) is 9.98 Å². The molecule has 12 rings (SSSR count). The number of nitrogens with zero attached hydrogens (tertiary/aromatic N) is 2. The molecule has 0 radical (unpaired) electrons. The van der Waals surface area contributed by atoms with Crippen LogP contribution in [0.2, 0.25) is 0 Å². The maximum Gasteiger partial charge on any atom is 0.159 e. The summed E-state index contributed by atoms with van der Waals surface area (Å²) < 4.78 is 15.4. The van der Waals surface area contributed by atoms with Gasteiger partial charge in [0.15, 0.2) is 5.84 Å². The van der Waals surface area contributed by atoms with E-state index in [4.69, 9.17) is 18.8 Å². The lowest BCUT2D eigenvalue weighted by Gasteiger charge is -2.41. The van der Waals surface area contributed by atoms with Gasteiger partial charge in [-0.1, -0.05) is 103 Å². The molecule has 2 atom stereocenters. The van der Waals surface area contributed by atoms with Crippen LogP contribution in [0.25, 0.3) is 64.0 Å². The fourth-order valence-electron chi connectivity index (χ4n) is 8.74. The number of furan rings is 2. The van der Waals surface area contributed by atoms with Gasteiger partial charge in [0.2, 0.25) is 0 Å². The molecule has 3 aromatic heterocycles. The summed E-state index contributed by atoms with van der Waals surface area (Å²) in [5.74, 6) is 1.50. The summed E-state index contributed by atoms with van der Waals surface area (Å²) in [6, 6.07) is 53.7. The van der Waals surface area contributed by atoms with E-state index < -0.39 is 11.6 Å². The van der Waals surface area contributed by atoms with Crippen LogP contribution in [0.3, 0.4) is 0 Å². The van der Waals surface area contributed by atoms with Crippen molar-refractivity contribution in [3.8, 4) is 0 Å². The van der Waals surface area contributed by atoms with Crippen molar-refractivity contribution >= 4 is 87.1 Å². The number of nitrogens with one attached hydrogen (secondary N) is 1. The van der Waals surface area contributed by atoms with Crippen molar-refractivity contribution < 1.29 is 8.83 Å². The molecule has 0 saturated carbocycles. The Bertz CT molecular complexity index is 3180. The molecular formula is C46H27N3O2S. The van der Waals surface area contributed by atoms with Crippen molar-refractivity contribution in [1.82, 2.24) is 5.32 Å². The average Bonchev–Trinajstić information content (AvgIpc) is 3.89. The SMILES string of the molecule is c1ccc(C2(c3ccc4sc5ccccc5c4c3)C3=NC(=NC(c4ccc5oc6ccccc6c5c4)N3)c3cccc4oc5cccc2c5c34)cc1. The highest BCUT2D eigenvalue weighted by atomic mass is 32.1. The highest BCUT2D eigenvalue weighted by molar-refractivity contribution is 7.25. The van der Waals surface area contributed by atoms with Crippen LogP contribution >= 0.6 is 11.3 Å². The smallest absolute Gasteiger partial charge is 0.159 e. The van der Waals surface area contributed by atoms with Gasteiger partial charge in [0, 0.05) is 47.3 Å². The van der Waals surface area contributed by atoms with Gasteiger partial charge < -0.3 is 14.2 Å². The number of aliphatic imine (C=N–C) groups is 2. The number of benzene rings is 7. The van der Waals surface area contributed by atoms with Crippen molar-refractivity contribution in [3.63, 3.8) is 0 Å². The highest BCUT2D eigenvalue weighted by Gasteiger charge is 2.47. The lowest BCUT2D eigenvalue weighted by molar-refractivity contribution is 0.634. The summed E-state index contributed by atoms with van der Waals surface area (Å²) in [6.45, 7) is 0. The van der Waals surface area contributed by atoms with E-state index in [-0.39, 0.29) is 0 Å². The van der Waals surface area contributed by atoms with Crippen molar-refractivity contribution in [1.29, 1.82) is 0 Å². The number of para-hydroxylation sites is 1. The average molecular weight is 686 g/mol. The van der Waals surface area contributed by atoms with Gasteiger partial charge >= 0.3 is 0 Å². The summed E-state index contributed by atoms with van der Waals surface area (Å²) in [7, 11) is 0. The van der Waals surface area contributed by atoms with E-state index in [9.17, 15) is 0 Å². The zero-order valence-electron chi connectivity index (χ0n) is 27.6. The number of fused-ring (bicyclic) bond motifs is 8. The molecule has 0 saturated heterocycles. The Morgan fingerprint density at radius 2 is 1.27 bits per heavy atom. The molecule has 5 heterocycles. The fourth-order valence-corrected chi connectivity index (χ4v) is 9.82. The Morgan fingerprint density at radius 3 is 2.19 bits per heavy atom. The minimum atomic E-state index is -0.853. The molecule has 0 fully saturated rings. The normalized spacial score (nSPS) is 18.3. The molecule has 1 N–H and O–H groups in total. The number of rotatable bonds is 3. The van der Waals surface area contributed by atoms with Gasteiger partial charge in [0.1, 0.15) is 39.7 Å². The Morgan fingerprint density at radius 1 is 0.538 bits per heavy atom. The summed E-state index contributed by atoms with van der Waals surface area (Å²) in [5, 5.41) is 10.7. The van der Waals surface area contributed by atoms with E-state index in [1.807, 2.05) is 29.5 Å². The number of thiophene rings is 1. The van der Waals surface area contributed by atoms with Crippen LogP contribution in [-0.2, 0) is 5.41 Å². The standard InChI is InChI=1S/C46H27N3O2S/c1-2-10-27(11-3-1)46(28-21-23-40-33(25-28)30-13-5-7-19-39(30)52-40)34-15-9-18-38-42(34)41-31(14-8-17-37(41)51-38)44-47-43(48-45(46)49-44)26-20-22-36-32(24-26)29-12-4-6-16-35(29)50-36/h1-25,43H,(H,47,48,49). The molecule has 2 bridgehead atoms. The van der Waals surface area contributed by atoms with Crippen LogP contribution in [0, 0.1) is 0 Å². The second-order valence-corrected chi connectivity index (χ2v) is 14.8. The van der Waals surface area contributed by atoms with Crippen LogP contribution in [0.4, 0.5) is 0 Å². The lowest BCUT2D eigenvalue weighted by atomic mass is 9.66. The monoisotopic (exact) mass is 685 g/mol. The van der Waals surface area contributed by atoms with Crippen LogP contribution in [0.15, 0.2) is 170 Å². The quantitative estimate of drug-likeness (QED) is 0.201. The molecule has 2 aliphatic heterocycles. The van der Waals surface area contributed by atoms with E-state index in [1.54, 1.807) is 0 Å². The van der Waals surface area contributed by atoms with E-state index >= 15 is 0 Å². The van der Waals surface area contributed by atoms with Gasteiger partial charge in [-0.05, 0) is 70.8 Å². The molecule has 6 heteroatoms. The van der Waals surface area contributed by atoms with Crippen LogP contribution < -0.4 is 5.32 Å². The summed E-state index contributed by atoms with van der Waals surface area (Å²) in [4.78, 5) is 10.9. The van der Waals surface area contributed by atoms with Gasteiger partial charge in [0.05, 0.1) is 0 Å². The Kier molecular flexibility index (Phi) is 5.58. The first kappa shape index (κ1) is 28.2. The minimum absolute atomic E-state index is 0.419. The maximum atomic E-state index is 6.65. The summed E-state index contributed by atoms with van der Waals surface area (Å²) in [5.41, 5.74) is 7.88. The van der Waals surface area contributed by atoms with Crippen molar-refractivity contribution in [2.45, 2.75) is 11.6 Å². The third kappa shape index (κ3) is 3.71. The van der Waals surface area contributed by atoms with E-state index in [1.165, 1.54) is 20.2 Å². The second kappa shape index (κ2) is 10.3. The van der Waals surface area contributed by atoms with Gasteiger partial charge in [-0.3, -0.25) is 0 Å². The van der Waals surface area contributed by atoms with Crippen LogP contribution in [0.1, 0.15) is 34.0 Å². The first-order valence-electron chi connectivity index (χ1n) is 17.5. The largest absolute Gasteiger partial charge is 0.456 e. The van der Waals surface area contributed by atoms with Crippen LogP contribution in [-0.4, -0.2) is 11.7 Å². The molecule has 0 aliphatic carbocycles. The molecule has 2 unspecified atom stereocenters.